The molecule has 190 valence electrons. The van der Waals surface area contributed by atoms with Gasteiger partial charge in [0.1, 0.15) is 11.9 Å². The molecule has 0 saturated carbocycles. The van der Waals surface area contributed by atoms with Gasteiger partial charge in [-0.15, -0.1) is 0 Å². The van der Waals surface area contributed by atoms with Crippen LogP contribution in [0, 0.1) is 12.7 Å². The Labute approximate surface area is 216 Å². The van der Waals surface area contributed by atoms with Crippen LogP contribution in [0.4, 0.5) is 20.6 Å². The number of carbonyl (C=O) groups is 3. The number of benzene rings is 3. The molecule has 0 radical (unpaired) electrons. The van der Waals surface area contributed by atoms with Crippen LogP contribution in [0.15, 0.2) is 71.7 Å². The number of hydrogen-bond acceptors (Lipinski definition) is 5. The van der Waals surface area contributed by atoms with Crippen LogP contribution < -0.4 is 15.4 Å². The molecule has 0 bridgehead atoms. The van der Waals surface area contributed by atoms with Crippen LogP contribution >= 0.6 is 11.3 Å². The van der Waals surface area contributed by atoms with Gasteiger partial charge in [0, 0.05) is 16.9 Å². The zero-order chi connectivity index (χ0) is 26.5. The molecule has 1 unspecified atom stereocenters. The van der Waals surface area contributed by atoms with Crippen molar-refractivity contribution in [1.29, 1.82) is 0 Å². The normalized spacial score (nSPS) is 12.3. The first-order valence-corrected chi connectivity index (χ1v) is 12.3. The summed E-state index contributed by atoms with van der Waals surface area (Å²) in [4.78, 5) is 42.8. The summed E-state index contributed by atoms with van der Waals surface area (Å²) in [6.45, 7) is 3.76. The molecule has 4 aromatic rings. The van der Waals surface area contributed by atoms with E-state index in [4.69, 9.17) is 4.74 Å². The highest BCUT2D eigenvalue weighted by atomic mass is 32.1. The maximum Gasteiger partial charge on any atom is 0.328 e. The molecule has 1 atom stereocenters. The Bertz CT molecular complexity index is 1530. The molecule has 4 rings (SSSR count). The van der Waals surface area contributed by atoms with Crippen molar-refractivity contribution >= 4 is 50.8 Å². The molecule has 3 amide bonds. The molecule has 1 aromatic heterocycles. The number of esters is 1. The number of amides is 3. The zero-order valence-electron chi connectivity index (χ0n) is 20.4. The number of fused-ring (bicyclic) bond motifs is 1. The molecule has 37 heavy (non-hydrogen) atoms. The monoisotopic (exact) mass is 520 g/mol. The molecule has 0 aliphatic carbocycles. The molecular formula is C27H25FN4O4S. The first-order valence-electron chi connectivity index (χ1n) is 11.5. The van der Waals surface area contributed by atoms with Gasteiger partial charge in [-0.3, -0.25) is 4.79 Å². The van der Waals surface area contributed by atoms with Gasteiger partial charge in [-0.1, -0.05) is 36.0 Å². The van der Waals surface area contributed by atoms with Crippen molar-refractivity contribution < 1.29 is 23.5 Å². The van der Waals surface area contributed by atoms with Crippen molar-refractivity contribution in [3.63, 3.8) is 0 Å². The smallest absolute Gasteiger partial charge is 0.328 e. The van der Waals surface area contributed by atoms with E-state index in [1.807, 2.05) is 26.0 Å². The number of nitrogens with one attached hydrogen (secondary N) is 2. The fourth-order valence-electron chi connectivity index (χ4n) is 3.76. The Morgan fingerprint density at radius 3 is 2.30 bits per heavy atom. The third kappa shape index (κ3) is 5.92. The third-order valence-corrected chi connectivity index (χ3v) is 6.69. The number of nitrogens with zero attached hydrogens (tertiary/aromatic N) is 2. The molecule has 0 aliphatic rings. The number of ether oxygens (including phenoxy) is 1. The van der Waals surface area contributed by atoms with Crippen LogP contribution in [0.25, 0.3) is 10.2 Å². The second kappa shape index (κ2) is 11.2. The Kier molecular flexibility index (Phi) is 7.78. The Morgan fingerprint density at radius 1 is 1.00 bits per heavy atom. The van der Waals surface area contributed by atoms with Crippen LogP contribution in [0.3, 0.4) is 0 Å². The molecule has 0 aliphatic heterocycles. The topological polar surface area (TPSA) is 102 Å². The summed E-state index contributed by atoms with van der Waals surface area (Å²) < 4.78 is 20.6. The summed E-state index contributed by atoms with van der Waals surface area (Å²) >= 11 is 1.26. The molecule has 3 aromatic carbocycles. The van der Waals surface area contributed by atoms with E-state index in [1.54, 1.807) is 34.9 Å². The van der Waals surface area contributed by atoms with E-state index >= 15 is 0 Å². The van der Waals surface area contributed by atoms with Gasteiger partial charge in [0.05, 0.1) is 17.3 Å². The predicted molar refractivity (Wildman–Crippen MR) is 141 cm³/mol. The lowest BCUT2D eigenvalue weighted by molar-refractivity contribution is -0.144. The van der Waals surface area contributed by atoms with Crippen molar-refractivity contribution in [3.05, 3.63) is 88.5 Å². The minimum atomic E-state index is -0.730. The number of urea groups is 1. The second-order valence-corrected chi connectivity index (χ2v) is 9.26. The average Bonchev–Trinajstić information content (AvgIpc) is 3.23. The first-order chi connectivity index (χ1) is 17.8. The van der Waals surface area contributed by atoms with Gasteiger partial charge >= 0.3 is 12.0 Å². The number of carbonyl (C=O) groups excluding carboxylic acids is 3. The summed E-state index contributed by atoms with van der Waals surface area (Å²) in [5, 5.41) is 5.38. The van der Waals surface area contributed by atoms with Crippen molar-refractivity contribution in [1.82, 2.24) is 4.57 Å². The highest BCUT2D eigenvalue weighted by molar-refractivity contribution is 7.16. The number of anilines is 2. The Hall–Kier alpha value is -4.31. The molecule has 0 spiro atoms. The number of aryl methyl sites for hydroxylation is 1. The third-order valence-electron chi connectivity index (χ3n) is 5.65. The number of aromatic nitrogens is 1. The van der Waals surface area contributed by atoms with E-state index in [-0.39, 0.29) is 0 Å². The van der Waals surface area contributed by atoms with Crippen LogP contribution in [-0.4, -0.2) is 29.6 Å². The van der Waals surface area contributed by atoms with Crippen LogP contribution in [0.2, 0.25) is 0 Å². The zero-order valence-corrected chi connectivity index (χ0v) is 21.3. The maximum absolute atomic E-state index is 13.1. The van der Waals surface area contributed by atoms with E-state index in [9.17, 15) is 18.8 Å². The van der Waals surface area contributed by atoms with E-state index < -0.39 is 29.8 Å². The highest BCUT2D eigenvalue weighted by Crippen LogP contribution is 2.26. The van der Waals surface area contributed by atoms with Crippen molar-refractivity contribution in [2.75, 3.05) is 17.7 Å². The lowest BCUT2D eigenvalue weighted by Gasteiger charge is -2.16. The van der Waals surface area contributed by atoms with Gasteiger partial charge in [0.15, 0.2) is 4.80 Å². The van der Waals surface area contributed by atoms with Gasteiger partial charge in [-0.2, -0.15) is 4.99 Å². The standard InChI is InChI=1S/C27H25FN4O4S/c1-4-21(25(34)36-3)32-22-15-20(30-26(35)29-19-11-9-18(28)10-12-19)13-14-23(22)37-27(32)31-24(33)17-7-5-16(2)6-8-17/h5-15,21H,4H2,1-3H3,(H2,29,30,35). The summed E-state index contributed by atoms with van der Waals surface area (Å²) in [6.07, 6.45) is 0.396. The quantitative estimate of drug-likeness (QED) is 0.320. The summed E-state index contributed by atoms with van der Waals surface area (Å²) in [5.41, 5.74) is 2.94. The number of halogens is 1. The van der Waals surface area contributed by atoms with Crippen molar-refractivity contribution in [2.45, 2.75) is 26.3 Å². The van der Waals surface area contributed by atoms with E-state index in [0.29, 0.717) is 33.7 Å². The molecule has 1 heterocycles. The number of hydrogen-bond donors (Lipinski definition) is 2. The second-order valence-electron chi connectivity index (χ2n) is 8.25. The Morgan fingerprint density at radius 2 is 1.65 bits per heavy atom. The molecule has 2 N–H and O–H groups in total. The molecular weight excluding hydrogens is 495 g/mol. The van der Waals surface area contributed by atoms with Crippen molar-refractivity contribution in [2.24, 2.45) is 4.99 Å². The van der Waals surface area contributed by atoms with Gasteiger partial charge < -0.3 is 19.9 Å². The van der Waals surface area contributed by atoms with Gasteiger partial charge in [-0.05, 0) is 67.9 Å². The highest BCUT2D eigenvalue weighted by Gasteiger charge is 2.24. The lowest BCUT2D eigenvalue weighted by Crippen LogP contribution is -2.28. The SMILES string of the molecule is CCC(C(=O)OC)n1c(=NC(=O)c2ccc(C)cc2)sc2ccc(NC(=O)Nc3ccc(F)cc3)cc21. The largest absolute Gasteiger partial charge is 0.467 e. The molecule has 8 nitrogen and oxygen atoms in total. The summed E-state index contributed by atoms with van der Waals surface area (Å²) in [5.74, 6) is -1.31. The minimum Gasteiger partial charge on any atom is -0.467 e. The van der Waals surface area contributed by atoms with E-state index in [1.165, 1.54) is 42.7 Å². The number of thiazole rings is 1. The fraction of sp³-hybridized carbons (Fsp3) is 0.185. The Balaban J connectivity index is 1.74. The first kappa shape index (κ1) is 25.8. The number of rotatable bonds is 6. The van der Waals surface area contributed by atoms with Crippen LogP contribution in [0.5, 0.6) is 0 Å². The fourth-order valence-corrected chi connectivity index (χ4v) is 4.81. The van der Waals surface area contributed by atoms with Crippen LogP contribution in [-0.2, 0) is 9.53 Å². The van der Waals surface area contributed by atoms with Gasteiger partial charge in [0.2, 0.25) is 0 Å². The lowest BCUT2D eigenvalue weighted by atomic mass is 10.1. The van der Waals surface area contributed by atoms with Gasteiger partial charge in [0.25, 0.3) is 5.91 Å². The predicted octanol–water partition coefficient (Wildman–Crippen LogP) is 5.66. The molecule has 10 heteroatoms. The molecule has 0 saturated heterocycles. The minimum absolute atomic E-state index is 0.339. The van der Waals surface area contributed by atoms with Gasteiger partial charge in [-0.25, -0.2) is 14.0 Å². The summed E-state index contributed by atoms with van der Waals surface area (Å²) in [6, 6.07) is 16.4. The summed E-state index contributed by atoms with van der Waals surface area (Å²) in [7, 11) is 1.31. The average molecular weight is 521 g/mol. The van der Waals surface area contributed by atoms with Crippen LogP contribution in [0.1, 0.15) is 35.3 Å². The number of methoxy groups -OCH3 is 1. The molecule has 0 fully saturated rings. The van der Waals surface area contributed by atoms with E-state index in [2.05, 4.69) is 15.6 Å². The van der Waals surface area contributed by atoms with E-state index in [0.717, 1.165) is 10.3 Å². The maximum atomic E-state index is 13.1. The van der Waals surface area contributed by atoms with Crippen molar-refractivity contribution in [3.8, 4) is 0 Å².